The van der Waals surface area contributed by atoms with Crippen LogP contribution < -0.4 is 0 Å². The minimum atomic E-state index is 0.214. The molecule has 108 valence electrons. The average Bonchev–Trinajstić information content (AvgIpc) is 2.77. The predicted molar refractivity (Wildman–Crippen MR) is 83.5 cm³/mol. The first-order valence-corrected chi connectivity index (χ1v) is 7.83. The molecule has 0 unspecified atom stereocenters. The molecule has 1 aliphatic heterocycles. The van der Waals surface area contributed by atoms with Crippen LogP contribution in [0.5, 0.6) is 5.75 Å². The molecule has 0 bridgehead atoms. The van der Waals surface area contributed by atoms with E-state index in [4.69, 9.17) is 11.6 Å². The van der Waals surface area contributed by atoms with Crippen LogP contribution in [0.4, 0.5) is 0 Å². The molecule has 3 heteroatoms. The van der Waals surface area contributed by atoms with Gasteiger partial charge >= 0.3 is 0 Å². The third-order valence-corrected chi connectivity index (χ3v) is 5.20. The van der Waals surface area contributed by atoms with Crippen molar-refractivity contribution in [1.82, 2.24) is 4.90 Å². The van der Waals surface area contributed by atoms with E-state index in [1.165, 1.54) is 30.4 Å². The summed E-state index contributed by atoms with van der Waals surface area (Å²) in [6, 6.07) is 4.30. The lowest BCUT2D eigenvalue weighted by atomic mass is 9.94. The van der Waals surface area contributed by atoms with Gasteiger partial charge in [0.25, 0.3) is 0 Å². The number of hydrogen-bond donors (Lipinski definition) is 1. The molecule has 1 aliphatic carbocycles. The Morgan fingerprint density at radius 1 is 1.20 bits per heavy atom. The largest absolute Gasteiger partial charge is 0.506 e. The van der Waals surface area contributed by atoms with Gasteiger partial charge in [-0.2, -0.15) is 0 Å². The predicted octanol–water partition coefficient (Wildman–Crippen LogP) is 3.95. The summed E-state index contributed by atoms with van der Waals surface area (Å²) in [7, 11) is 2.22. The second kappa shape index (κ2) is 5.42. The maximum atomic E-state index is 9.88. The Kier molecular flexibility index (Phi) is 3.78. The third-order valence-electron chi connectivity index (χ3n) is 4.90. The van der Waals surface area contributed by atoms with Gasteiger partial charge in [-0.3, -0.25) is 4.90 Å². The second-order valence-electron chi connectivity index (χ2n) is 6.18. The number of fused-ring (bicyclic) bond motifs is 1. The van der Waals surface area contributed by atoms with Crippen molar-refractivity contribution in [2.24, 2.45) is 0 Å². The standard InChI is InChI=1S/C17H22ClNO/c1-11-4-3-5-14(11)16-9-13-10-17(20)15(18)8-12(13)6-7-19(16)2/h8,10,16,20H,3-7,9H2,1-2H3/t16-/m0/s1. The number of allylic oxidation sites excluding steroid dienone is 1. The van der Waals surface area contributed by atoms with Crippen LogP contribution >= 0.6 is 11.6 Å². The van der Waals surface area contributed by atoms with Gasteiger partial charge < -0.3 is 5.11 Å². The highest BCUT2D eigenvalue weighted by Gasteiger charge is 2.27. The Hall–Kier alpha value is -0.990. The normalized spacial score (nSPS) is 23.9. The first-order valence-electron chi connectivity index (χ1n) is 7.45. The lowest BCUT2D eigenvalue weighted by Crippen LogP contribution is -2.34. The number of nitrogens with zero attached hydrogens (tertiary/aromatic N) is 1. The number of benzene rings is 1. The van der Waals surface area contributed by atoms with Gasteiger partial charge in [-0.05, 0) is 69.3 Å². The van der Waals surface area contributed by atoms with Crippen molar-refractivity contribution in [1.29, 1.82) is 0 Å². The number of hydrogen-bond acceptors (Lipinski definition) is 2. The number of phenols is 1. The van der Waals surface area contributed by atoms with Crippen molar-refractivity contribution in [3.63, 3.8) is 0 Å². The van der Waals surface area contributed by atoms with Crippen LogP contribution in [-0.4, -0.2) is 29.6 Å². The zero-order valence-corrected chi connectivity index (χ0v) is 13.0. The molecular formula is C17H22ClNO. The van der Waals surface area contributed by atoms with E-state index in [9.17, 15) is 5.11 Å². The monoisotopic (exact) mass is 291 g/mol. The molecule has 0 fully saturated rings. The molecule has 0 amide bonds. The van der Waals surface area contributed by atoms with Crippen molar-refractivity contribution in [2.75, 3.05) is 13.6 Å². The third kappa shape index (κ3) is 2.47. The highest BCUT2D eigenvalue weighted by atomic mass is 35.5. The second-order valence-corrected chi connectivity index (χ2v) is 6.59. The summed E-state index contributed by atoms with van der Waals surface area (Å²) in [5.41, 5.74) is 5.74. The van der Waals surface area contributed by atoms with E-state index in [1.54, 1.807) is 11.1 Å². The molecule has 20 heavy (non-hydrogen) atoms. The van der Waals surface area contributed by atoms with E-state index in [0.717, 1.165) is 19.4 Å². The Balaban J connectivity index is 1.97. The van der Waals surface area contributed by atoms with Crippen molar-refractivity contribution in [3.8, 4) is 5.75 Å². The smallest absolute Gasteiger partial charge is 0.134 e. The number of halogens is 1. The SMILES string of the molecule is CC1=C([C@@H]2Cc3cc(O)c(Cl)cc3CCN2C)CCC1. The molecule has 0 radical (unpaired) electrons. The molecular weight excluding hydrogens is 270 g/mol. The summed E-state index contributed by atoms with van der Waals surface area (Å²) in [4.78, 5) is 2.47. The average molecular weight is 292 g/mol. The fourth-order valence-electron chi connectivity index (χ4n) is 3.64. The minimum Gasteiger partial charge on any atom is -0.506 e. The zero-order valence-electron chi connectivity index (χ0n) is 12.2. The van der Waals surface area contributed by atoms with Gasteiger partial charge in [0, 0.05) is 12.6 Å². The van der Waals surface area contributed by atoms with Crippen LogP contribution in [-0.2, 0) is 12.8 Å². The van der Waals surface area contributed by atoms with Gasteiger partial charge in [0.1, 0.15) is 5.75 Å². The molecule has 1 aromatic carbocycles. The Labute approximate surface area is 126 Å². The van der Waals surface area contributed by atoms with Gasteiger partial charge in [-0.15, -0.1) is 0 Å². The first-order chi connectivity index (χ1) is 9.56. The molecule has 0 saturated carbocycles. The maximum Gasteiger partial charge on any atom is 0.134 e. The van der Waals surface area contributed by atoms with E-state index >= 15 is 0 Å². The molecule has 0 saturated heterocycles. The van der Waals surface area contributed by atoms with E-state index in [1.807, 2.05) is 12.1 Å². The molecule has 0 spiro atoms. The quantitative estimate of drug-likeness (QED) is 0.792. The van der Waals surface area contributed by atoms with E-state index in [2.05, 4.69) is 18.9 Å². The molecule has 2 aliphatic rings. The van der Waals surface area contributed by atoms with E-state index < -0.39 is 0 Å². The van der Waals surface area contributed by atoms with Crippen molar-refractivity contribution >= 4 is 11.6 Å². The van der Waals surface area contributed by atoms with Gasteiger partial charge in [-0.25, -0.2) is 0 Å². The van der Waals surface area contributed by atoms with Gasteiger partial charge in [0.05, 0.1) is 5.02 Å². The molecule has 1 N–H and O–H groups in total. The summed E-state index contributed by atoms with van der Waals surface area (Å²) in [6.07, 6.45) is 5.77. The lowest BCUT2D eigenvalue weighted by Gasteiger charge is -2.28. The molecule has 1 atom stereocenters. The van der Waals surface area contributed by atoms with Gasteiger partial charge in [-0.1, -0.05) is 22.7 Å². The van der Waals surface area contributed by atoms with Crippen LogP contribution in [0.1, 0.15) is 37.3 Å². The lowest BCUT2D eigenvalue weighted by molar-refractivity contribution is 0.277. The summed E-state index contributed by atoms with van der Waals surface area (Å²) in [5.74, 6) is 0.214. The van der Waals surface area contributed by atoms with Crippen LogP contribution in [0.25, 0.3) is 0 Å². The van der Waals surface area contributed by atoms with E-state index in [0.29, 0.717) is 11.1 Å². The maximum absolute atomic E-state index is 9.88. The number of likely N-dealkylation sites (N-methyl/N-ethyl adjacent to an activating group) is 1. The highest BCUT2D eigenvalue weighted by Crippen LogP contribution is 2.35. The van der Waals surface area contributed by atoms with Crippen LogP contribution in [0.2, 0.25) is 5.02 Å². The number of phenolic OH excluding ortho intramolecular Hbond substituents is 1. The van der Waals surface area contributed by atoms with Crippen LogP contribution in [0.15, 0.2) is 23.3 Å². The first kappa shape index (κ1) is 14.0. The van der Waals surface area contributed by atoms with Gasteiger partial charge in [0.15, 0.2) is 0 Å². The summed E-state index contributed by atoms with van der Waals surface area (Å²) < 4.78 is 0. The fraction of sp³-hybridized carbons (Fsp3) is 0.529. The van der Waals surface area contributed by atoms with Crippen molar-refractivity contribution in [3.05, 3.63) is 39.4 Å². The topological polar surface area (TPSA) is 23.5 Å². The van der Waals surface area contributed by atoms with Crippen LogP contribution in [0, 0.1) is 0 Å². The summed E-state index contributed by atoms with van der Waals surface area (Å²) in [6.45, 7) is 3.33. The van der Waals surface area contributed by atoms with Gasteiger partial charge in [0.2, 0.25) is 0 Å². The Bertz CT molecular complexity index is 564. The van der Waals surface area contributed by atoms with E-state index in [-0.39, 0.29) is 5.75 Å². The summed E-state index contributed by atoms with van der Waals surface area (Å²) in [5, 5.41) is 10.4. The van der Waals surface area contributed by atoms with Crippen LogP contribution in [0.3, 0.4) is 0 Å². The Morgan fingerprint density at radius 2 is 2.00 bits per heavy atom. The molecule has 0 aromatic heterocycles. The zero-order chi connectivity index (χ0) is 14.3. The summed E-state index contributed by atoms with van der Waals surface area (Å²) >= 11 is 6.05. The molecule has 2 nitrogen and oxygen atoms in total. The molecule has 1 heterocycles. The number of aromatic hydroxyl groups is 1. The fourth-order valence-corrected chi connectivity index (χ4v) is 3.83. The highest BCUT2D eigenvalue weighted by molar-refractivity contribution is 6.32. The minimum absolute atomic E-state index is 0.214. The number of rotatable bonds is 1. The van der Waals surface area contributed by atoms with Crippen molar-refractivity contribution in [2.45, 2.75) is 45.1 Å². The molecule has 3 rings (SSSR count). The molecule has 1 aromatic rings. The Morgan fingerprint density at radius 3 is 2.70 bits per heavy atom. The van der Waals surface area contributed by atoms with Crippen molar-refractivity contribution < 1.29 is 5.11 Å².